The van der Waals surface area contributed by atoms with Gasteiger partial charge in [-0.05, 0) is 24.6 Å². The highest BCUT2D eigenvalue weighted by atomic mass is 19.4. The Morgan fingerprint density at radius 2 is 1.87 bits per heavy atom. The number of halogens is 5. The first kappa shape index (κ1) is 23.2. The van der Waals surface area contributed by atoms with Gasteiger partial charge in [0.2, 0.25) is 5.88 Å². The third-order valence-corrected chi connectivity index (χ3v) is 4.12. The van der Waals surface area contributed by atoms with Crippen LogP contribution >= 0.6 is 0 Å². The average molecular weight is 434 g/mol. The van der Waals surface area contributed by atoms with Gasteiger partial charge in [0.05, 0.1) is 6.04 Å². The molecule has 0 bridgehead atoms. The minimum absolute atomic E-state index is 0.169. The highest BCUT2D eigenvalue weighted by Gasteiger charge is 2.58. The molecule has 0 aromatic carbocycles. The summed E-state index contributed by atoms with van der Waals surface area (Å²) in [5, 5.41) is 6.36. The maximum Gasteiger partial charge on any atom is 0.456 e. The summed E-state index contributed by atoms with van der Waals surface area (Å²) in [6.45, 7) is 1.38. The summed E-state index contributed by atoms with van der Waals surface area (Å²) in [5.41, 5.74) is 0.594. The number of nitrogens with zero attached hydrogens (tertiary/aromatic N) is 3. The summed E-state index contributed by atoms with van der Waals surface area (Å²) in [6.07, 6.45) is -4.07. The first-order valence-electron chi connectivity index (χ1n) is 8.77. The zero-order valence-electron chi connectivity index (χ0n) is 16.3. The first-order chi connectivity index (χ1) is 13.9. The number of Topliss-reactive ketones (excluding diaryl/α,β-unsaturated/α-hetero) is 1. The number of amides is 1. The molecule has 0 spiro atoms. The lowest BCUT2D eigenvalue weighted by molar-refractivity contribution is -0.290. The molecule has 0 saturated heterocycles. The van der Waals surface area contributed by atoms with Gasteiger partial charge in [-0.3, -0.25) is 14.6 Å². The molecule has 2 aromatic heterocycles. The highest BCUT2D eigenvalue weighted by Crippen LogP contribution is 2.35. The van der Waals surface area contributed by atoms with Crippen LogP contribution in [0.4, 0.5) is 22.0 Å². The maximum absolute atomic E-state index is 13.0. The molecule has 1 amide bonds. The molecule has 2 heterocycles. The topological polar surface area (TPSA) is 86.1 Å². The van der Waals surface area contributed by atoms with E-state index in [1.165, 1.54) is 19.3 Å². The first-order valence-corrected chi connectivity index (χ1v) is 8.77. The fourth-order valence-electron chi connectivity index (χ4n) is 2.35. The Balaban J connectivity index is 2.08. The van der Waals surface area contributed by atoms with E-state index in [-0.39, 0.29) is 23.6 Å². The Labute approximate surface area is 168 Å². The molecule has 7 nitrogen and oxygen atoms in total. The molecule has 164 valence electrons. The molecule has 2 aromatic rings. The minimum Gasteiger partial charge on any atom is -0.471 e. The SMILES string of the molecule is CCC(=O)c1cc(C(C)NC(=O)c2cc(OCC(F)(F)C(F)(F)F)n(C)n2)ccn1. The van der Waals surface area contributed by atoms with Crippen LogP contribution in [0.15, 0.2) is 24.4 Å². The third-order valence-electron chi connectivity index (χ3n) is 4.12. The van der Waals surface area contributed by atoms with Crippen LogP contribution in [0.5, 0.6) is 5.88 Å². The molecule has 0 fully saturated rings. The van der Waals surface area contributed by atoms with E-state index in [1.807, 2.05) is 0 Å². The van der Waals surface area contributed by atoms with Crippen LogP contribution < -0.4 is 10.1 Å². The minimum atomic E-state index is -5.76. The van der Waals surface area contributed by atoms with Crippen molar-refractivity contribution < 1.29 is 36.3 Å². The maximum atomic E-state index is 13.0. The van der Waals surface area contributed by atoms with Gasteiger partial charge in [0.1, 0.15) is 5.69 Å². The van der Waals surface area contributed by atoms with E-state index in [9.17, 15) is 31.5 Å². The molecular formula is C18H19F5N4O3. The van der Waals surface area contributed by atoms with Gasteiger partial charge >= 0.3 is 12.1 Å². The Bertz CT molecular complexity index is 927. The van der Waals surface area contributed by atoms with Crippen molar-refractivity contribution in [2.75, 3.05) is 6.61 Å². The van der Waals surface area contributed by atoms with Crippen LogP contribution in [0.3, 0.4) is 0 Å². The molecule has 1 atom stereocenters. The lowest BCUT2D eigenvalue weighted by Gasteiger charge is -2.19. The van der Waals surface area contributed by atoms with Crippen molar-refractivity contribution in [1.82, 2.24) is 20.1 Å². The van der Waals surface area contributed by atoms with Crippen LogP contribution in [0.25, 0.3) is 0 Å². The van der Waals surface area contributed by atoms with Crippen molar-refractivity contribution in [2.24, 2.45) is 7.05 Å². The lowest BCUT2D eigenvalue weighted by Crippen LogP contribution is -2.42. The highest BCUT2D eigenvalue weighted by molar-refractivity contribution is 5.94. The molecule has 30 heavy (non-hydrogen) atoms. The van der Waals surface area contributed by atoms with E-state index in [0.29, 0.717) is 5.56 Å². The average Bonchev–Trinajstić information content (AvgIpc) is 3.05. The van der Waals surface area contributed by atoms with Gasteiger partial charge in [0.25, 0.3) is 5.91 Å². The molecule has 0 saturated carbocycles. The van der Waals surface area contributed by atoms with Crippen LogP contribution in [0.1, 0.15) is 52.9 Å². The molecule has 12 heteroatoms. The summed E-state index contributed by atoms with van der Waals surface area (Å²) < 4.78 is 68.1. The molecule has 1 N–H and O–H groups in total. The lowest BCUT2D eigenvalue weighted by atomic mass is 10.1. The largest absolute Gasteiger partial charge is 0.471 e. The Morgan fingerprint density at radius 1 is 1.20 bits per heavy atom. The number of hydrogen-bond donors (Lipinski definition) is 1. The monoisotopic (exact) mass is 434 g/mol. The van der Waals surface area contributed by atoms with Crippen molar-refractivity contribution in [3.05, 3.63) is 41.3 Å². The fourth-order valence-corrected chi connectivity index (χ4v) is 2.35. The number of hydrogen-bond acceptors (Lipinski definition) is 5. The molecule has 0 aliphatic rings. The van der Waals surface area contributed by atoms with Crippen molar-refractivity contribution >= 4 is 11.7 Å². The number of carbonyl (C=O) groups excluding carboxylic acids is 2. The van der Waals surface area contributed by atoms with Crippen LogP contribution in [0.2, 0.25) is 0 Å². The van der Waals surface area contributed by atoms with E-state index in [4.69, 9.17) is 0 Å². The van der Waals surface area contributed by atoms with E-state index >= 15 is 0 Å². The standard InChI is InChI=1S/C18H19F5N4O3/c1-4-14(28)12-7-11(5-6-24-12)10(2)25-16(29)13-8-15(27(3)26-13)30-9-17(19,20)18(21,22)23/h5-8,10H,4,9H2,1-3H3,(H,25,29). The van der Waals surface area contributed by atoms with Gasteiger partial charge in [0, 0.05) is 25.7 Å². The third kappa shape index (κ3) is 5.30. The number of pyridine rings is 1. The fraction of sp³-hybridized carbons (Fsp3) is 0.444. The molecule has 1 unspecified atom stereocenters. The number of ether oxygens (including phenoxy) is 1. The van der Waals surface area contributed by atoms with Gasteiger partial charge in [-0.1, -0.05) is 6.92 Å². The van der Waals surface area contributed by atoms with Gasteiger partial charge in [0.15, 0.2) is 18.1 Å². The summed E-state index contributed by atoms with van der Waals surface area (Å²) >= 11 is 0. The van der Waals surface area contributed by atoms with Crippen molar-refractivity contribution in [3.8, 4) is 5.88 Å². The van der Waals surface area contributed by atoms with Gasteiger partial charge in [-0.25, -0.2) is 4.68 Å². The number of ketones is 1. The molecule has 0 aliphatic heterocycles. The molecular weight excluding hydrogens is 415 g/mol. The Kier molecular flexibility index (Phi) is 6.78. The summed E-state index contributed by atoms with van der Waals surface area (Å²) in [5.74, 6) is -6.37. The van der Waals surface area contributed by atoms with Crippen LogP contribution in [0, 0.1) is 0 Å². The van der Waals surface area contributed by atoms with Crippen molar-refractivity contribution in [3.63, 3.8) is 0 Å². The second-order valence-corrected chi connectivity index (χ2v) is 6.43. The van der Waals surface area contributed by atoms with Crippen LogP contribution in [-0.4, -0.2) is 45.2 Å². The second-order valence-electron chi connectivity index (χ2n) is 6.43. The predicted octanol–water partition coefficient (Wildman–Crippen LogP) is 3.48. The molecule has 0 radical (unpaired) electrons. The second kappa shape index (κ2) is 8.76. The van der Waals surface area contributed by atoms with E-state index < -0.39 is 36.5 Å². The quantitative estimate of drug-likeness (QED) is 0.508. The van der Waals surface area contributed by atoms with E-state index in [0.717, 1.165) is 10.7 Å². The number of alkyl halides is 5. The van der Waals surface area contributed by atoms with E-state index in [2.05, 4.69) is 20.1 Å². The smallest absolute Gasteiger partial charge is 0.456 e. The summed E-state index contributed by atoms with van der Waals surface area (Å²) in [7, 11) is 1.23. The number of nitrogens with one attached hydrogen (secondary N) is 1. The van der Waals surface area contributed by atoms with Gasteiger partial charge in [-0.15, -0.1) is 0 Å². The van der Waals surface area contributed by atoms with Crippen molar-refractivity contribution in [2.45, 2.75) is 38.4 Å². The normalized spacial score (nSPS) is 13.1. The number of aromatic nitrogens is 3. The zero-order valence-corrected chi connectivity index (χ0v) is 16.3. The number of carbonyl (C=O) groups is 2. The molecule has 2 rings (SSSR count). The van der Waals surface area contributed by atoms with Crippen molar-refractivity contribution in [1.29, 1.82) is 0 Å². The van der Waals surface area contributed by atoms with Gasteiger partial charge in [-0.2, -0.15) is 27.1 Å². The van der Waals surface area contributed by atoms with E-state index in [1.54, 1.807) is 19.9 Å². The summed E-state index contributed by atoms with van der Waals surface area (Å²) in [6, 6.07) is 3.52. The predicted molar refractivity (Wildman–Crippen MR) is 94.4 cm³/mol. The molecule has 0 aliphatic carbocycles. The van der Waals surface area contributed by atoms with Gasteiger partial charge < -0.3 is 10.1 Å². The van der Waals surface area contributed by atoms with Crippen LogP contribution in [-0.2, 0) is 7.05 Å². The Hall–Kier alpha value is -3.05. The summed E-state index contributed by atoms with van der Waals surface area (Å²) in [4.78, 5) is 28.1. The number of aryl methyl sites for hydroxylation is 1. The Morgan fingerprint density at radius 3 is 2.47 bits per heavy atom. The number of rotatable bonds is 8. The zero-order chi connectivity index (χ0) is 22.7.